The molecule has 84 valence electrons. The van der Waals surface area contributed by atoms with Gasteiger partial charge in [-0.3, -0.25) is 4.79 Å². The zero-order chi connectivity index (χ0) is 11.7. The molecule has 0 atom stereocenters. The first-order valence-electron chi connectivity index (χ1n) is 4.96. The molecular formula is C12H11FO3. The van der Waals surface area contributed by atoms with Crippen molar-refractivity contribution in [3.05, 3.63) is 29.8 Å². The smallest absolute Gasteiger partial charge is 0.197 e. The Morgan fingerprint density at radius 2 is 2.19 bits per heavy atom. The number of furan rings is 1. The Labute approximate surface area is 91.8 Å². The first kappa shape index (κ1) is 10.7. The van der Waals surface area contributed by atoms with Gasteiger partial charge < -0.3 is 9.15 Å². The number of hydrogen-bond acceptors (Lipinski definition) is 3. The maximum absolute atomic E-state index is 13.3. The van der Waals surface area contributed by atoms with E-state index in [1.807, 2.05) is 0 Å². The van der Waals surface area contributed by atoms with Crippen LogP contribution in [0.1, 0.15) is 23.9 Å². The Morgan fingerprint density at radius 3 is 2.81 bits per heavy atom. The van der Waals surface area contributed by atoms with Gasteiger partial charge in [-0.2, -0.15) is 0 Å². The van der Waals surface area contributed by atoms with Crippen molar-refractivity contribution in [1.82, 2.24) is 0 Å². The number of methoxy groups -OCH3 is 1. The van der Waals surface area contributed by atoms with Crippen LogP contribution >= 0.6 is 0 Å². The second-order valence-electron chi connectivity index (χ2n) is 3.41. The van der Waals surface area contributed by atoms with E-state index in [4.69, 9.17) is 9.15 Å². The molecule has 0 saturated carbocycles. The number of carbonyl (C=O) groups is 1. The quantitative estimate of drug-likeness (QED) is 0.749. The number of fused-ring (bicyclic) bond motifs is 1. The minimum absolute atomic E-state index is 0.101. The number of ether oxygens (including phenoxy) is 1. The van der Waals surface area contributed by atoms with Crippen molar-refractivity contribution in [2.24, 2.45) is 0 Å². The maximum Gasteiger partial charge on any atom is 0.197 e. The summed E-state index contributed by atoms with van der Waals surface area (Å²) in [6.07, 6.45) is 0.361. The molecule has 0 unspecified atom stereocenters. The predicted molar refractivity (Wildman–Crippen MR) is 57.3 cm³/mol. The molecule has 2 rings (SSSR count). The predicted octanol–water partition coefficient (Wildman–Crippen LogP) is 3.17. The number of carbonyl (C=O) groups excluding carboxylic acids is 1. The van der Waals surface area contributed by atoms with Gasteiger partial charge in [0.05, 0.1) is 7.11 Å². The summed E-state index contributed by atoms with van der Waals surface area (Å²) >= 11 is 0. The fourth-order valence-corrected chi connectivity index (χ4v) is 1.51. The summed E-state index contributed by atoms with van der Waals surface area (Å²) in [7, 11) is 1.39. The lowest BCUT2D eigenvalue weighted by Gasteiger charge is -1.99. The van der Waals surface area contributed by atoms with E-state index in [1.54, 1.807) is 13.0 Å². The SMILES string of the molecule is CCC(=O)c1cc2cc(OC)c(F)cc2o1. The zero-order valence-electron chi connectivity index (χ0n) is 9.04. The monoisotopic (exact) mass is 222 g/mol. The molecular weight excluding hydrogens is 211 g/mol. The Hall–Kier alpha value is -1.84. The van der Waals surface area contributed by atoms with E-state index < -0.39 is 5.82 Å². The van der Waals surface area contributed by atoms with Crippen LogP contribution in [-0.2, 0) is 0 Å². The van der Waals surface area contributed by atoms with Crippen LogP contribution in [0.3, 0.4) is 0 Å². The van der Waals surface area contributed by atoms with Crippen LogP contribution in [-0.4, -0.2) is 12.9 Å². The standard InChI is InChI=1S/C12H11FO3/c1-3-9(14)12-5-7-4-11(15-2)8(13)6-10(7)16-12/h4-6H,3H2,1-2H3. The highest BCUT2D eigenvalue weighted by atomic mass is 19.1. The average Bonchev–Trinajstić information content (AvgIpc) is 2.69. The van der Waals surface area contributed by atoms with E-state index in [0.717, 1.165) is 0 Å². The van der Waals surface area contributed by atoms with Crippen LogP contribution in [0.4, 0.5) is 4.39 Å². The molecule has 0 radical (unpaired) electrons. The lowest BCUT2D eigenvalue weighted by atomic mass is 10.2. The molecule has 1 heterocycles. The molecule has 0 bridgehead atoms. The van der Waals surface area contributed by atoms with E-state index in [9.17, 15) is 9.18 Å². The van der Waals surface area contributed by atoms with Gasteiger partial charge >= 0.3 is 0 Å². The maximum atomic E-state index is 13.3. The lowest BCUT2D eigenvalue weighted by Crippen LogP contribution is -1.92. The minimum atomic E-state index is -0.500. The van der Waals surface area contributed by atoms with E-state index in [2.05, 4.69) is 0 Å². The van der Waals surface area contributed by atoms with E-state index in [0.29, 0.717) is 17.4 Å². The number of benzene rings is 1. The summed E-state index contributed by atoms with van der Waals surface area (Å²) < 4.78 is 23.4. The van der Waals surface area contributed by atoms with Crippen LogP contribution in [0.15, 0.2) is 22.6 Å². The molecule has 2 aromatic rings. The Balaban J connectivity index is 2.58. The van der Waals surface area contributed by atoms with Gasteiger partial charge in [0.2, 0.25) is 0 Å². The number of rotatable bonds is 3. The summed E-state index contributed by atoms with van der Waals surface area (Å²) in [6, 6.07) is 4.34. The number of Topliss-reactive ketones (excluding diaryl/α,β-unsaturated/α-hetero) is 1. The third kappa shape index (κ3) is 1.66. The highest BCUT2D eigenvalue weighted by Crippen LogP contribution is 2.27. The van der Waals surface area contributed by atoms with Crippen LogP contribution in [0, 0.1) is 5.82 Å². The van der Waals surface area contributed by atoms with E-state index in [-0.39, 0.29) is 17.3 Å². The average molecular weight is 222 g/mol. The van der Waals surface area contributed by atoms with Crippen molar-refractivity contribution in [3.63, 3.8) is 0 Å². The fraction of sp³-hybridized carbons (Fsp3) is 0.250. The minimum Gasteiger partial charge on any atom is -0.494 e. The van der Waals surface area contributed by atoms with Crippen molar-refractivity contribution in [2.45, 2.75) is 13.3 Å². The molecule has 0 aliphatic heterocycles. The number of halogens is 1. The number of hydrogen-bond donors (Lipinski definition) is 0. The van der Waals surface area contributed by atoms with Gasteiger partial charge in [0.25, 0.3) is 0 Å². The van der Waals surface area contributed by atoms with Crippen molar-refractivity contribution in [3.8, 4) is 5.75 Å². The van der Waals surface area contributed by atoms with Gasteiger partial charge in [0.1, 0.15) is 5.58 Å². The van der Waals surface area contributed by atoms with Crippen LogP contribution in [0.25, 0.3) is 11.0 Å². The molecule has 1 aromatic carbocycles. The summed E-state index contributed by atoms with van der Waals surface area (Å²) in [4.78, 5) is 11.4. The summed E-state index contributed by atoms with van der Waals surface area (Å²) in [5, 5.41) is 0.662. The van der Waals surface area contributed by atoms with Gasteiger partial charge in [-0.05, 0) is 12.1 Å². The van der Waals surface area contributed by atoms with Crippen molar-refractivity contribution >= 4 is 16.8 Å². The van der Waals surface area contributed by atoms with E-state index in [1.165, 1.54) is 19.2 Å². The van der Waals surface area contributed by atoms with Crippen LogP contribution in [0.2, 0.25) is 0 Å². The molecule has 0 aliphatic rings. The second-order valence-corrected chi connectivity index (χ2v) is 3.41. The van der Waals surface area contributed by atoms with Gasteiger partial charge in [-0.1, -0.05) is 6.92 Å². The molecule has 4 heteroatoms. The van der Waals surface area contributed by atoms with Crippen LogP contribution in [0.5, 0.6) is 5.75 Å². The second kappa shape index (κ2) is 3.96. The molecule has 16 heavy (non-hydrogen) atoms. The largest absolute Gasteiger partial charge is 0.494 e. The van der Waals surface area contributed by atoms with Gasteiger partial charge in [-0.25, -0.2) is 4.39 Å². The molecule has 0 saturated heterocycles. The lowest BCUT2D eigenvalue weighted by molar-refractivity contribution is 0.0963. The summed E-state index contributed by atoms with van der Waals surface area (Å²) in [5.74, 6) is -0.204. The molecule has 0 spiro atoms. The van der Waals surface area contributed by atoms with E-state index >= 15 is 0 Å². The summed E-state index contributed by atoms with van der Waals surface area (Å²) in [6.45, 7) is 1.75. The van der Waals surface area contributed by atoms with Gasteiger partial charge in [-0.15, -0.1) is 0 Å². The van der Waals surface area contributed by atoms with Gasteiger partial charge in [0, 0.05) is 17.9 Å². The van der Waals surface area contributed by atoms with Crippen molar-refractivity contribution < 1.29 is 18.3 Å². The molecule has 0 N–H and O–H groups in total. The summed E-state index contributed by atoms with van der Waals surface area (Å²) in [5.41, 5.74) is 0.357. The highest BCUT2D eigenvalue weighted by molar-refractivity contribution is 5.97. The Bertz CT molecular complexity index is 542. The van der Waals surface area contributed by atoms with Crippen molar-refractivity contribution in [2.75, 3.05) is 7.11 Å². The molecule has 0 amide bonds. The van der Waals surface area contributed by atoms with Gasteiger partial charge in [0.15, 0.2) is 23.1 Å². The topological polar surface area (TPSA) is 39.4 Å². The number of ketones is 1. The fourth-order valence-electron chi connectivity index (χ4n) is 1.51. The first-order valence-corrected chi connectivity index (χ1v) is 4.96. The Kier molecular flexibility index (Phi) is 2.64. The molecule has 1 aromatic heterocycles. The third-order valence-electron chi connectivity index (χ3n) is 2.39. The van der Waals surface area contributed by atoms with Crippen LogP contribution < -0.4 is 4.74 Å². The first-order chi connectivity index (χ1) is 7.65. The molecule has 0 fully saturated rings. The van der Waals surface area contributed by atoms with Crippen molar-refractivity contribution in [1.29, 1.82) is 0 Å². The normalized spacial score (nSPS) is 10.7. The zero-order valence-corrected chi connectivity index (χ0v) is 9.04. The third-order valence-corrected chi connectivity index (χ3v) is 2.39. The molecule has 3 nitrogen and oxygen atoms in total. The molecule has 0 aliphatic carbocycles. The Morgan fingerprint density at radius 1 is 1.44 bits per heavy atom. The highest BCUT2D eigenvalue weighted by Gasteiger charge is 2.13.